The number of hydrogen-bond acceptors (Lipinski definition) is 1. The molecule has 0 unspecified atom stereocenters. The van der Waals surface area contributed by atoms with Crippen LogP contribution in [0.25, 0.3) is 0 Å². The lowest BCUT2D eigenvalue weighted by Crippen LogP contribution is -2.32. The van der Waals surface area contributed by atoms with Gasteiger partial charge in [0.15, 0.2) is 0 Å². The molecular weight excluding hydrogens is 201 g/mol. The average molecular weight is 221 g/mol. The lowest BCUT2D eigenvalue weighted by Gasteiger charge is -2.30. The second kappa shape index (κ2) is 4.54. The van der Waals surface area contributed by atoms with Gasteiger partial charge in [-0.25, -0.2) is 4.39 Å². The van der Waals surface area contributed by atoms with E-state index in [2.05, 4.69) is 6.92 Å². The number of benzene rings is 1. The Hall–Kier alpha value is -0.890. The van der Waals surface area contributed by atoms with E-state index in [-0.39, 0.29) is 12.1 Å². The Bertz CT molecular complexity index is 367. The molecule has 1 aliphatic rings. The summed E-state index contributed by atoms with van der Waals surface area (Å²) in [6.45, 7) is 2.41. The van der Waals surface area contributed by atoms with Gasteiger partial charge in [-0.2, -0.15) is 0 Å². The predicted molar refractivity (Wildman–Crippen MR) is 65.2 cm³/mol. The van der Waals surface area contributed by atoms with Crippen molar-refractivity contribution in [3.05, 3.63) is 34.9 Å². The topological polar surface area (TPSA) is 26.0 Å². The molecule has 2 rings (SSSR count). The number of halogens is 1. The molecular formula is C14H20FN. The molecule has 0 saturated heterocycles. The fourth-order valence-electron chi connectivity index (χ4n) is 2.96. The van der Waals surface area contributed by atoms with Crippen LogP contribution in [0.5, 0.6) is 0 Å². The highest BCUT2D eigenvalue weighted by atomic mass is 19.1. The molecule has 0 heterocycles. The third kappa shape index (κ3) is 1.86. The molecule has 1 fully saturated rings. The van der Waals surface area contributed by atoms with Crippen LogP contribution in [0.3, 0.4) is 0 Å². The van der Waals surface area contributed by atoms with Gasteiger partial charge in [-0.05, 0) is 36.5 Å². The molecule has 16 heavy (non-hydrogen) atoms. The van der Waals surface area contributed by atoms with Gasteiger partial charge in [0.1, 0.15) is 6.67 Å². The van der Waals surface area contributed by atoms with Gasteiger partial charge in [-0.1, -0.05) is 31.0 Å². The zero-order chi connectivity index (χ0) is 11.6. The molecule has 1 aliphatic carbocycles. The van der Waals surface area contributed by atoms with Crippen molar-refractivity contribution in [1.82, 2.24) is 0 Å². The minimum absolute atomic E-state index is 0.120. The SMILES string of the molecule is Cc1ccc(CF)cc1C1(CN)CCCC1. The zero-order valence-electron chi connectivity index (χ0n) is 9.93. The number of alkyl halides is 1. The fourth-order valence-corrected chi connectivity index (χ4v) is 2.96. The minimum Gasteiger partial charge on any atom is -0.330 e. The van der Waals surface area contributed by atoms with E-state index < -0.39 is 0 Å². The van der Waals surface area contributed by atoms with Crippen molar-refractivity contribution in [2.45, 2.75) is 44.7 Å². The van der Waals surface area contributed by atoms with Gasteiger partial charge in [0, 0.05) is 12.0 Å². The molecule has 0 bridgehead atoms. The first-order valence-corrected chi connectivity index (χ1v) is 6.08. The van der Waals surface area contributed by atoms with Crippen LogP contribution < -0.4 is 5.73 Å². The molecule has 0 spiro atoms. The summed E-state index contributed by atoms with van der Waals surface area (Å²) < 4.78 is 12.7. The third-order valence-corrected chi connectivity index (χ3v) is 3.98. The summed E-state index contributed by atoms with van der Waals surface area (Å²) in [7, 11) is 0. The molecule has 0 radical (unpaired) electrons. The summed E-state index contributed by atoms with van der Waals surface area (Å²) in [6, 6.07) is 5.92. The van der Waals surface area contributed by atoms with Gasteiger partial charge < -0.3 is 5.73 Å². The van der Waals surface area contributed by atoms with Crippen molar-refractivity contribution >= 4 is 0 Å². The number of aryl methyl sites for hydroxylation is 1. The van der Waals surface area contributed by atoms with Crippen LogP contribution >= 0.6 is 0 Å². The summed E-state index contributed by atoms with van der Waals surface area (Å²) in [4.78, 5) is 0. The first-order valence-electron chi connectivity index (χ1n) is 6.08. The average Bonchev–Trinajstić information content (AvgIpc) is 2.79. The van der Waals surface area contributed by atoms with Gasteiger partial charge in [0.25, 0.3) is 0 Å². The van der Waals surface area contributed by atoms with Crippen LogP contribution in [0.2, 0.25) is 0 Å². The van der Waals surface area contributed by atoms with E-state index in [1.165, 1.54) is 24.0 Å². The second-order valence-corrected chi connectivity index (χ2v) is 4.97. The molecule has 0 amide bonds. The molecule has 1 aromatic carbocycles. The second-order valence-electron chi connectivity index (χ2n) is 4.97. The van der Waals surface area contributed by atoms with Crippen LogP contribution in [0.15, 0.2) is 18.2 Å². The van der Waals surface area contributed by atoms with E-state index in [1.54, 1.807) is 0 Å². The minimum atomic E-state index is -0.381. The molecule has 0 atom stereocenters. The molecule has 1 nitrogen and oxygen atoms in total. The van der Waals surface area contributed by atoms with Crippen LogP contribution in [-0.4, -0.2) is 6.54 Å². The van der Waals surface area contributed by atoms with E-state index in [1.807, 2.05) is 18.2 Å². The van der Waals surface area contributed by atoms with Gasteiger partial charge >= 0.3 is 0 Å². The van der Waals surface area contributed by atoms with Crippen molar-refractivity contribution in [3.63, 3.8) is 0 Å². The van der Waals surface area contributed by atoms with E-state index >= 15 is 0 Å². The Kier molecular flexibility index (Phi) is 3.29. The number of nitrogens with two attached hydrogens (primary N) is 1. The van der Waals surface area contributed by atoms with Crippen molar-refractivity contribution in [2.24, 2.45) is 5.73 Å². The molecule has 1 saturated carbocycles. The summed E-state index contributed by atoms with van der Waals surface area (Å²) in [5.74, 6) is 0. The van der Waals surface area contributed by atoms with Gasteiger partial charge in [-0.3, -0.25) is 0 Å². The zero-order valence-corrected chi connectivity index (χ0v) is 9.93. The quantitative estimate of drug-likeness (QED) is 0.833. The van der Waals surface area contributed by atoms with Crippen molar-refractivity contribution < 1.29 is 4.39 Å². The van der Waals surface area contributed by atoms with Gasteiger partial charge in [0.05, 0.1) is 0 Å². The van der Waals surface area contributed by atoms with Crippen molar-refractivity contribution in [2.75, 3.05) is 6.54 Å². The van der Waals surface area contributed by atoms with Crippen molar-refractivity contribution in [1.29, 1.82) is 0 Å². The van der Waals surface area contributed by atoms with Gasteiger partial charge in [0.2, 0.25) is 0 Å². The van der Waals surface area contributed by atoms with E-state index in [0.29, 0.717) is 6.54 Å². The van der Waals surface area contributed by atoms with E-state index in [0.717, 1.165) is 18.4 Å². The highest BCUT2D eigenvalue weighted by molar-refractivity contribution is 5.38. The Morgan fingerprint density at radius 2 is 2.00 bits per heavy atom. The summed E-state index contributed by atoms with van der Waals surface area (Å²) in [5.41, 5.74) is 9.40. The summed E-state index contributed by atoms with van der Waals surface area (Å²) in [5, 5.41) is 0. The Labute approximate surface area is 96.9 Å². The number of rotatable bonds is 3. The first-order chi connectivity index (χ1) is 7.72. The van der Waals surface area contributed by atoms with E-state index in [4.69, 9.17) is 5.73 Å². The standard InChI is InChI=1S/C14H20FN/c1-11-4-5-12(9-15)8-13(11)14(10-16)6-2-3-7-14/h4-5,8H,2-3,6-7,9-10,16H2,1H3. The van der Waals surface area contributed by atoms with Gasteiger partial charge in [-0.15, -0.1) is 0 Å². The number of hydrogen-bond donors (Lipinski definition) is 1. The largest absolute Gasteiger partial charge is 0.330 e. The maximum absolute atomic E-state index is 12.7. The highest BCUT2D eigenvalue weighted by Gasteiger charge is 2.35. The summed E-state index contributed by atoms with van der Waals surface area (Å²) >= 11 is 0. The monoisotopic (exact) mass is 221 g/mol. The van der Waals surface area contributed by atoms with Crippen LogP contribution in [0.1, 0.15) is 42.4 Å². The molecule has 1 aromatic rings. The normalized spacial score (nSPS) is 18.9. The predicted octanol–water partition coefficient (Wildman–Crippen LogP) is 3.24. The first kappa shape index (κ1) is 11.6. The van der Waals surface area contributed by atoms with Crippen LogP contribution in [0.4, 0.5) is 4.39 Å². The molecule has 2 heteroatoms. The Morgan fingerprint density at radius 1 is 1.31 bits per heavy atom. The molecule has 88 valence electrons. The van der Waals surface area contributed by atoms with Crippen LogP contribution in [0, 0.1) is 6.92 Å². The highest BCUT2D eigenvalue weighted by Crippen LogP contribution is 2.41. The summed E-state index contributed by atoms with van der Waals surface area (Å²) in [6.07, 6.45) is 4.80. The molecule has 0 aromatic heterocycles. The smallest absolute Gasteiger partial charge is 0.115 e. The van der Waals surface area contributed by atoms with Crippen LogP contribution in [-0.2, 0) is 12.1 Å². The van der Waals surface area contributed by atoms with Crippen molar-refractivity contribution in [3.8, 4) is 0 Å². The Balaban J connectivity index is 2.44. The Morgan fingerprint density at radius 3 is 2.56 bits per heavy atom. The maximum Gasteiger partial charge on any atom is 0.115 e. The third-order valence-electron chi connectivity index (χ3n) is 3.98. The molecule has 0 aliphatic heterocycles. The lowest BCUT2D eigenvalue weighted by molar-refractivity contribution is 0.446. The fraction of sp³-hybridized carbons (Fsp3) is 0.571. The maximum atomic E-state index is 12.7. The lowest BCUT2D eigenvalue weighted by atomic mass is 9.76. The molecule has 2 N–H and O–H groups in total. The van der Waals surface area contributed by atoms with E-state index in [9.17, 15) is 4.39 Å².